The van der Waals surface area contributed by atoms with Gasteiger partial charge in [0.15, 0.2) is 0 Å². The molecule has 2 unspecified atom stereocenters. The van der Waals surface area contributed by atoms with E-state index in [0.717, 1.165) is 25.7 Å². The fraction of sp³-hybridized carbons (Fsp3) is 0.455. The first-order chi connectivity index (χ1) is 11.4. The highest BCUT2D eigenvalue weighted by Gasteiger charge is 2.34. The molecule has 23 heavy (non-hydrogen) atoms. The molecule has 1 saturated heterocycles. The normalized spacial score (nSPS) is 22.2. The molecule has 2 atom stereocenters. The minimum absolute atomic E-state index is 0.302. The van der Waals surface area contributed by atoms with Crippen LogP contribution in [0.5, 0.6) is 0 Å². The van der Waals surface area contributed by atoms with Gasteiger partial charge in [0.25, 0.3) is 0 Å². The Bertz CT molecular complexity index is 449. The number of unbranched alkanes of at least 4 members (excludes halogenated alkanes) is 1. The molecule has 1 heteroatoms. The molecule has 0 aliphatic carbocycles. The Kier molecular flexibility index (Phi) is 11.9. The quantitative estimate of drug-likeness (QED) is 0.228. The summed E-state index contributed by atoms with van der Waals surface area (Å²) in [6, 6.07) is 0. The summed E-state index contributed by atoms with van der Waals surface area (Å²) in [6.07, 6.45) is 33.2. The lowest BCUT2D eigenvalue weighted by molar-refractivity contribution is 0.390. The summed E-state index contributed by atoms with van der Waals surface area (Å²) in [4.78, 5) is 0. The lowest BCUT2D eigenvalue weighted by Crippen LogP contribution is -1.86. The molecule has 0 aromatic carbocycles. The number of ether oxygens (including phenoxy) is 1. The van der Waals surface area contributed by atoms with Crippen LogP contribution in [0, 0.1) is 0 Å². The number of rotatable bonds is 12. The van der Waals surface area contributed by atoms with E-state index in [4.69, 9.17) is 4.74 Å². The molecule has 1 nitrogen and oxygen atoms in total. The van der Waals surface area contributed by atoms with Crippen LogP contribution in [0.3, 0.4) is 0 Å². The summed E-state index contributed by atoms with van der Waals surface area (Å²) in [5.74, 6) is 0. The Morgan fingerprint density at radius 1 is 0.739 bits per heavy atom. The molecule has 0 aromatic rings. The van der Waals surface area contributed by atoms with Gasteiger partial charge in [-0.25, -0.2) is 0 Å². The van der Waals surface area contributed by atoms with Gasteiger partial charge >= 0.3 is 0 Å². The van der Waals surface area contributed by atoms with Gasteiger partial charge in [0, 0.05) is 0 Å². The topological polar surface area (TPSA) is 12.5 Å². The summed E-state index contributed by atoms with van der Waals surface area (Å²) in [5, 5.41) is 0. The first-order valence-electron chi connectivity index (χ1n) is 8.98. The van der Waals surface area contributed by atoms with Crippen LogP contribution in [-0.2, 0) is 4.74 Å². The Hall–Kier alpha value is -1.60. The molecule has 1 heterocycles. The molecule has 0 bridgehead atoms. The van der Waals surface area contributed by atoms with Crippen molar-refractivity contribution in [2.45, 2.75) is 64.6 Å². The standard InChI is InChI=1S/C22H32O/c1-3-5-7-9-11-12-13-14-16-18-20-22-21(23-22)19-17-15-10-8-6-4-2/h6-9,12-18,20-22H,3-5,10-11,19H2,1-2H3/b8-6-,9-7-,13-12-,16-14+,17-15-,20-18+. The molecular weight excluding hydrogens is 280 g/mol. The van der Waals surface area contributed by atoms with Crippen molar-refractivity contribution in [3.63, 3.8) is 0 Å². The van der Waals surface area contributed by atoms with E-state index in [2.05, 4.69) is 86.8 Å². The maximum absolute atomic E-state index is 5.61. The van der Waals surface area contributed by atoms with E-state index >= 15 is 0 Å². The zero-order valence-electron chi connectivity index (χ0n) is 14.7. The number of epoxide rings is 1. The Balaban J connectivity index is 2.05. The Labute approximate surface area is 142 Å². The van der Waals surface area contributed by atoms with Crippen LogP contribution in [0.4, 0.5) is 0 Å². The summed E-state index contributed by atoms with van der Waals surface area (Å²) in [7, 11) is 0. The SMILES string of the molecule is CC/C=C\C/C=C\CC1OC1/C=C/C=C/C=C\C/C=C\CCC. The minimum Gasteiger partial charge on any atom is -0.365 e. The van der Waals surface area contributed by atoms with Gasteiger partial charge in [-0.05, 0) is 32.1 Å². The molecule has 1 aliphatic heterocycles. The molecule has 126 valence electrons. The largest absolute Gasteiger partial charge is 0.365 e. The highest BCUT2D eigenvalue weighted by Crippen LogP contribution is 2.26. The van der Waals surface area contributed by atoms with Crippen LogP contribution in [0.25, 0.3) is 0 Å². The van der Waals surface area contributed by atoms with Gasteiger partial charge in [-0.1, -0.05) is 93.2 Å². The smallest absolute Gasteiger partial charge is 0.103 e. The van der Waals surface area contributed by atoms with Gasteiger partial charge in [-0.15, -0.1) is 0 Å². The van der Waals surface area contributed by atoms with Crippen LogP contribution < -0.4 is 0 Å². The molecule has 0 spiro atoms. The molecule has 1 rings (SSSR count). The van der Waals surface area contributed by atoms with E-state index in [1.54, 1.807) is 0 Å². The van der Waals surface area contributed by atoms with Crippen molar-refractivity contribution < 1.29 is 4.74 Å². The van der Waals surface area contributed by atoms with Crippen LogP contribution in [0.2, 0.25) is 0 Å². The molecule has 1 fully saturated rings. The van der Waals surface area contributed by atoms with E-state index in [-0.39, 0.29) is 0 Å². The lowest BCUT2D eigenvalue weighted by Gasteiger charge is -1.85. The van der Waals surface area contributed by atoms with Crippen molar-refractivity contribution in [1.82, 2.24) is 0 Å². The summed E-state index contributed by atoms with van der Waals surface area (Å²) >= 11 is 0. The summed E-state index contributed by atoms with van der Waals surface area (Å²) in [5.41, 5.74) is 0. The first kappa shape index (κ1) is 19.4. The van der Waals surface area contributed by atoms with Gasteiger partial charge < -0.3 is 4.74 Å². The third-order valence-electron chi connectivity index (χ3n) is 3.50. The Morgan fingerprint density at radius 3 is 2.30 bits per heavy atom. The minimum atomic E-state index is 0.302. The van der Waals surface area contributed by atoms with Crippen LogP contribution in [-0.4, -0.2) is 12.2 Å². The fourth-order valence-corrected chi connectivity index (χ4v) is 2.10. The second-order valence-electron chi connectivity index (χ2n) is 5.66. The zero-order valence-corrected chi connectivity index (χ0v) is 14.7. The maximum atomic E-state index is 5.61. The highest BCUT2D eigenvalue weighted by atomic mass is 16.6. The predicted octanol–water partition coefficient (Wildman–Crippen LogP) is 6.47. The van der Waals surface area contributed by atoms with E-state index in [0.29, 0.717) is 12.2 Å². The zero-order chi connectivity index (χ0) is 16.6. The molecule has 0 amide bonds. The molecule has 1 aliphatic rings. The van der Waals surface area contributed by atoms with Crippen molar-refractivity contribution in [3.05, 3.63) is 72.9 Å². The monoisotopic (exact) mass is 312 g/mol. The third kappa shape index (κ3) is 11.6. The first-order valence-corrected chi connectivity index (χ1v) is 8.98. The summed E-state index contributed by atoms with van der Waals surface area (Å²) in [6.45, 7) is 4.36. The molecule has 0 N–H and O–H groups in total. The van der Waals surface area contributed by atoms with Crippen molar-refractivity contribution in [2.24, 2.45) is 0 Å². The fourth-order valence-electron chi connectivity index (χ4n) is 2.10. The average molecular weight is 312 g/mol. The third-order valence-corrected chi connectivity index (χ3v) is 3.50. The van der Waals surface area contributed by atoms with Crippen molar-refractivity contribution in [3.8, 4) is 0 Å². The predicted molar refractivity (Wildman–Crippen MR) is 103 cm³/mol. The molecule has 0 saturated carbocycles. The van der Waals surface area contributed by atoms with Gasteiger partial charge in [-0.3, -0.25) is 0 Å². The number of hydrogen-bond acceptors (Lipinski definition) is 1. The molecular formula is C22H32O. The van der Waals surface area contributed by atoms with E-state index in [1.165, 1.54) is 12.8 Å². The van der Waals surface area contributed by atoms with Gasteiger partial charge in [0.05, 0.1) is 6.10 Å². The molecule has 0 aromatic heterocycles. The maximum Gasteiger partial charge on any atom is 0.103 e. The molecule has 0 radical (unpaired) electrons. The van der Waals surface area contributed by atoms with Gasteiger partial charge in [0.1, 0.15) is 6.10 Å². The average Bonchev–Trinajstić information content (AvgIpc) is 3.31. The van der Waals surface area contributed by atoms with Gasteiger partial charge in [-0.2, -0.15) is 0 Å². The van der Waals surface area contributed by atoms with E-state index in [9.17, 15) is 0 Å². The number of allylic oxidation sites excluding steroid dienone is 10. The number of hydrogen-bond donors (Lipinski definition) is 0. The Morgan fingerprint density at radius 2 is 1.48 bits per heavy atom. The van der Waals surface area contributed by atoms with Crippen molar-refractivity contribution in [2.75, 3.05) is 0 Å². The van der Waals surface area contributed by atoms with E-state index in [1.807, 2.05) is 0 Å². The lowest BCUT2D eigenvalue weighted by atomic mass is 10.2. The highest BCUT2D eigenvalue weighted by molar-refractivity contribution is 5.16. The van der Waals surface area contributed by atoms with Crippen LogP contribution >= 0.6 is 0 Å². The van der Waals surface area contributed by atoms with Crippen LogP contribution in [0.15, 0.2) is 72.9 Å². The van der Waals surface area contributed by atoms with Crippen LogP contribution in [0.1, 0.15) is 52.4 Å². The van der Waals surface area contributed by atoms with E-state index < -0.39 is 0 Å². The second-order valence-corrected chi connectivity index (χ2v) is 5.66. The van der Waals surface area contributed by atoms with Gasteiger partial charge in [0.2, 0.25) is 0 Å². The van der Waals surface area contributed by atoms with Crippen molar-refractivity contribution >= 4 is 0 Å². The summed E-state index contributed by atoms with van der Waals surface area (Å²) < 4.78 is 5.61. The second kappa shape index (κ2) is 14.0. The van der Waals surface area contributed by atoms with Crippen molar-refractivity contribution in [1.29, 1.82) is 0 Å².